The van der Waals surface area contributed by atoms with Crippen LogP contribution in [0.25, 0.3) is 5.65 Å². The van der Waals surface area contributed by atoms with Crippen LogP contribution in [0, 0.1) is 6.92 Å². The molecular weight excluding hydrogens is 527 g/mol. The van der Waals surface area contributed by atoms with Crippen molar-refractivity contribution in [3.63, 3.8) is 0 Å². The Morgan fingerprint density at radius 1 is 0.892 bits per heavy atom. The minimum Gasteiger partial charge on any atom is -0.379 e. The average Bonchev–Trinajstić information content (AvgIpc) is 3.35. The molecular formula is C27H34Cl2N6OS. The molecule has 0 amide bonds. The van der Waals surface area contributed by atoms with Crippen LogP contribution in [-0.4, -0.2) is 81.3 Å². The van der Waals surface area contributed by atoms with Gasteiger partial charge in [0.15, 0.2) is 5.65 Å². The molecule has 4 aromatic rings. The molecule has 0 radical (unpaired) electrons. The standard InChI is InChI=1S/C27H32N6OS.2ClH/c1-22-20-25-28-21-29-33(25)30-27(22)35-19-18-34-17-16-31-12-14-32(15-13-31)26(23-8-4-2-5-9-23)24-10-6-3-7-11-24;;/h2-11,20-21,26H,12-19H2,1H3;2*1H. The summed E-state index contributed by atoms with van der Waals surface area (Å²) >= 11 is 1.71. The summed E-state index contributed by atoms with van der Waals surface area (Å²) in [6, 6.07) is 24.1. The van der Waals surface area contributed by atoms with Crippen LogP contribution in [0.4, 0.5) is 0 Å². The van der Waals surface area contributed by atoms with Gasteiger partial charge in [-0.3, -0.25) is 9.80 Å². The van der Waals surface area contributed by atoms with E-state index < -0.39 is 0 Å². The molecule has 1 fully saturated rings. The fourth-order valence-corrected chi connectivity index (χ4v) is 5.42. The number of rotatable bonds is 10. The van der Waals surface area contributed by atoms with Crippen LogP contribution >= 0.6 is 36.6 Å². The molecule has 1 saturated heterocycles. The minimum absolute atomic E-state index is 0. The number of halogens is 2. The summed E-state index contributed by atoms with van der Waals surface area (Å²) in [7, 11) is 0. The first kappa shape index (κ1) is 29.4. The smallest absolute Gasteiger partial charge is 0.176 e. The van der Waals surface area contributed by atoms with Gasteiger partial charge < -0.3 is 4.74 Å². The first-order valence-corrected chi connectivity index (χ1v) is 13.2. The molecule has 0 N–H and O–H groups in total. The molecule has 0 unspecified atom stereocenters. The second-order valence-electron chi connectivity index (χ2n) is 8.80. The van der Waals surface area contributed by atoms with Crippen molar-refractivity contribution in [2.24, 2.45) is 0 Å². The number of hydrogen-bond donors (Lipinski definition) is 0. The molecule has 7 nitrogen and oxygen atoms in total. The van der Waals surface area contributed by atoms with E-state index in [4.69, 9.17) is 4.74 Å². The molecule has 37 heavy (non-hydrogen) atoms. The molecule has 198 valence electrons. The van der Waals surface area contributed by atoms with Crippen LogP contribution in [0.15, 0.2) is 78.1 Å². The van der Waals surface area contributed by atoms with Gasteiger partial charge in [-0.1, -0.05) is 60.7 Å². The third-order valence-corrected chi connectivity index (χ3v) is 7.49. The van der Waals surface area contributed by atoms with Crippen LogP contribution < -0.4 is 0 Å². The van der Waals surface area contributed by atoms with Crippen LogP contribution in [0.3, 0.4) is 0 Å². The highest BCUT2D eigenvalue weighted by Crippen LogP contribution is 2.29. The number of ether oxygens (including phenoxy) is 1. The summed E-state index contributed by atoms with van der Waals surface area (Å²) in [6.07, 6.45) is 1.53. The van der Waals surface area contributed by atoms with Crippen molar-refractivity contribution in [2.45, 2.75) is 18.0 Å². The third kappa shape index (κ3) is 7.66. The van der Waals surface area contributed by atoms with Crippen LogP contribution in [0.5, 0.6) is 0 Å². The molecule has 2 aromatic carbocycles. The number of fused-ring (bicyclic) bond motifs is 1. The summed E-state index contributed by atoms with van der Waals surface area (Å²) in [5.74, 6) is 0.873. The largest absolute Gasteiger partial charge is 0.379 e. The summed E-state index contributed by atoms with van der Waals surface area (Å²) in [4.78, 5) is 9.30. The normalized spacial score (nSPS) is 14.4. The van der Waals surface area contributed by atoms with Crippen molar-refractivity contribution in [3.05, 3.63) is 89.7 Å². The van der Waals surface area contributed by atoms with Crippen LogP contribution in [0.1, 0.15) is 22.7 Å². The van der Waals surface area contributed by atoms with Crippen molar-refractivity contribution in [1.82, 2.24) is 29.6 Å². The van der Waals surface area contributed by atoms with Crippen LogP contribution in [-0.2, 0) is 4.74 Å². The summed E-state index contributed by atoms with van der Waals surface area (Å²) in [6.45, 7) is 8.75. The lowest BCUT2D eigenvalue weighted by molar-refractivity contribution is 0.0717. The van der Waals surface area contributed by atoms with E-state index in [2.05, 4.69) is 92.6 Å². The number of aryl methyl sites for hydroxylation is 1. The Bertz CT molecular complexity index is 1170. The Morgan fingerprint density at radius 2 is 1.54 bits per heavy atom. The van der Waals surface area contributed by atoms with Crippen molar-refractivity contribution >= 4 is 42.2 Å². The molecule has 5 rings (SSSR count). The van der Waals surface area contributed by atoms with Crippen LogP contribution in [0.2, 0.25) is 0 Å². The zero-order valence-corrected chi connectivity index (χ0v) is 23.4. The average molecular weight is 562 g/mol. The van der Waals surface area contributed by atoms with Gasteiger partial charge in [-0.25, -0.2) is 4.98 Å². The number of nitrogens with zero attached hydrogens (tertiary/aromatic N) is 6. The molecule has 2 aromatic heterocycles. The third-order valence-electron chi connectivity index (χ3n) is 6.45. The first-order chi connectivity index (χ1) is 17.3. The predicted molar refractivity (Wildman–Crippen MR) is 154 cm³/mol. The quantitative estimate of drug-likeness (QED) is 0.204. The Morgan fingerprint density at radius 3 is 2.19 bits per heavy atom. The fourth-order valence-electron chi connectivity index (χ4n) is 4.60. The van der Waals surface area contributed by atoms with E-state index in [0.29, 0.717) is 12.6 Å². The maximum Gasteiger partial charge on any atom is 0.176 e. The van der Waals surface area contributed by atoms with Gasteiger partial charge in [0.1, 0.15) is 11.4 Å². The van der Waals surface area contributed by atoms with Gasteiger partial charge in [-0.05, 0) is 29.7 Å². The van der Waals surface area contributed by atoms with Crippen molar-refractivity contribution < 1.29 is 4.74 Å². The molecule has 0 atom stereocenters. The lowest BCUT2D eigenvalue weighted by Gasteiger charge is -2.39. The molecule has 1 aliphatic heterocycles. The van der Waals surface area contributed by atoms with Gasteiger partial charge >= 0.3 is 0 Å². The van der Waals surface area contributed by atoms with E-state index in [1.165, 1.54) is 17.5 Å². The number of piperazine rings is 1. The number of aromatic nitrogens is 4. The predicted octanol–water partition coefficient (Wildman–Crippen LogP) is 4.79. The van der Waals surface area contributed by atoms with E-state index >= 15 is 0 Å². The molecule has 0 aliphatic carbocycles. The maximum atomic E-state index is 5.94. The molecule has 0 spiro atoms. The van der Waals surface area contributed by atoms with E-state index in [1.54, 1.807) is 16.4 Å². The summed E-state index contributed by atoms with van der Waals surface area (Å²) in [5, 5.41) is 9.63. The van der Waals surface area contributed by atoms with E-state index in [-0.39, 0.29) is 24.8 Å². The van der Waals surface area contributed by atoms with E-state index in [1.807, 2.05) is 6.07 Å². The lowest BCUT2D eigenvalue weighted by atomic mass is 9.96. The Balaban J connectivity index is 0.00000190. The summed E-state index contributed by atoms with van der Waals surface area (Å²) in [5.41, 5.74) is 4.63. The monoisotopic (exact) mass is 560 g/mol. The highest BCUT2D eigenvalue weighted by atomic mass is 35.5. The Hall–Kier alpha value is -2.20. The molecule has 0 saturated carbocycles. The molecule has 10 heteroatoms. The second-order valence-corrected chi connectivity index (χ2v) is 9.89. The van der Waals surface area contributed by atoms with Gasteiger partial charge in [0, 0.05) is 38.5 Å². The number of hydrogen-bond acceptors (Lipinski definition) is 7. The van der Waals surface area contributed by atoms with Crippen molar-refractivity contribution in [1.29, 1.82) is 0 Å². The van der Waals surface area contributed by atoms with E-state index in [0.717, 1.165) is 61.3 Å². The SMILES string of the molecule is Cc1cc2ncnn2nc1SCCOCCN1CCN(C(c2ccccc2)c2ccccc2)CC1.Cl.Cl. The minimum atomic E-state index is 0. The van der Waals surface area contributed by atoms with Gasteiger partial charge in [-0.15, -0.1) is 51.4 Å². The molecule has 3 heterocycles. The van der Waals surface area contributed by atoms with Gasteiger partial charge in [-0.2, -0.15) is 0 Å². The molecule has 0 bridgehead atoms. The number of benzene rings is 2. The second kappa shape index (κ2) is 14.7. The van der Waals surface area contributed by atoms with E-state index in [9.17, 15) is 0 Å². The first-order valence-electron chi connectivity index (χ1n) is 12.2. The zero-order valence-electron chi connectivity index (χ0n) is 21.0. The Labute approximate surface area is 235 Å². The zero-order chi connectivity index (χ0) is 23.9. The topological polar surface area (TPSA) is 58.8 Å². The van der Waals surface area contributed by atoms with Gasteiger partial charge in [0.2, 0.25) is 0 Å². The highest BCUT2D eigenvalue weighted by molar-refractivity contribution is 7.99. The van der Waals surface area contributed by atoms with Crippen molar-refractivity contribution in [3.8, 4) is 0 Å². The lowest BCUT2D eigenvalue weighted by Crippen LogP contribution is -2.48. The highest BCUT2D eigenvalue weighted by Gasteiger charge is 2.26. The van der Waals surface area contributed by atoms with Gasteiger partial charge in [0.25, 0.3) is 0 Å². The Kier molecular flexibility index (Phi) is 11.6. The molecule has 1 aliphatic rings. The van der Waals surface area contributed by atoms with Gasteiger partial charge in [0.05, 0.1) is 19.3 Å². The fraction of sp³-hybridized carbons (Fsp3) is 0.370. The number of thioether (sulfide) groups is 1. The maximum absolute atomic E-state index is 5.94. The summed E-state index contributed by atoms with van der Waals surface area (Å²) < 4.78 is 7.52. The van der Waals surface area contributed by atoms with Crippen molar-refractivity contribution in [2.75, 3.05) is 51.7 Å².